The van der Waals surface area contributed by atoms with Crippen LogP contribution in [0.25, 0.3) is 0 Å². The predicted molar refractivity (Wildman–Crippen MR) is 64.0 cm³/mol. The van der Waals surface area contributed by atoms with Gasteiger partial charge in [-0.25, -0.2) is 0 Å². The first kappa shape index (κ1) is 9.71. The number of benzene rings is 1. The number of rotatable bonds is 1. The number of anilines is 2. The van der Waals surface area contributed by atoms with E-state index in [0.717, 1.165) is 5.69 Å². The molecule has 3 N–H and O–H groups in total. The monoisotopic (exact) mass is 208 g/mol. The van der Waals surface area contributed by atoms with E-state index < -0.39 is 0 Å². The van der Waals surface area contributed by atoms with Crippen LogP contribution >= 0.6 is 11.8 Å². The van der Waals surface area contributed by atoms with E-state index >= 15 is 0 Å². The number of thioether (sulfide) groups is 1. The second-order valence-corrected chi connectivity index (χ2v) is 5.14. The zero-order chi connectivity index (χ0) is 10.5. The van der Waals surface area contributed by atoms with Gasteiger partial charge >= 0.3 is 0 Å². The Morgan fingerprint density at radius 3 is 2.57 bits per heavy atom. The molecule has 0 radical (unpaired) electrons. The molecule has 0 unspecified atom stereocenters. The number of nitrogen functional groups attached to an aromatic ring is 1. The van der Waals surface area contributed by atoms with Gasteiger partial charge in [0.15, 0.2) is 0 Å². The van der Waals surface area contributed by atoms with E-state index in [9.17, 15) is 0 Å². The lowest BCUT2D eigenvalue weighted by molar-refractivity contribution is 0.560. The van der Waals surface area contributed by atoms with Crippen molar-refractivity contribution in [1.82, 2.24) is 0 Å². The van der Waals surface area contributed by atoms with Crippen molar-refractivity contribution in [3.8, 4) is 0 Å². The van der Waals surface area contributed by atoms with Crippen molar-refractivity contribution in [1.29, 1.82) is 0 Å². The summed E-state index contributed by atoms with van der Waals surface area (Å²) in [5, 5.41) is 3.43. The van der Waals surface area contributed by atoms with Gasteiger partial charge in [0.1, 0.15) is 0 Å². The van der Waals surface area contributed by atoms with Crippen LogP contribution in [0.15, 0.2) is 11.0 Å². The molecule has 3 heteroatoms. The van der Waals surface area contributed by atoms with Crippen molar-refractivity contribution in [2.75, 3.05) is 17.3 Å². The van der Waals surface area contributed by atoms with Crippen molar-refractivity contribution < 1.29 is 0 Å². The van der Waals surface area contributed by atoms with Crippen LogP contribution in [-0.2, 0) is 5.54 Å². The predicted octanol–water partition coefficient (Wildman–Crippen LogP) is 2.96. The third-order valence-electron chi connectivity index (χ3n) is 2.92. The maximum atomic E-state index is 6.02. The third kappa shape index (κ3) is 1.12. The Morgan fingerprint density at radius 2 is 2.07 bits per heavy atom. The van der Waals surface area contributed by atoms with Crippen molar-refractivity contribution in [2.45, 2.75) is 31.2 Å². The zero-order valence-electron chi connectivity index (χ0n) is 9.06. The molecule has 14 heavy (non-hydrogen) atoms. The SMILES string of the molecule is CSc1cc2c(c(C)c1N)NC2(C)C. The zero-order valence-corrected chi connectivity index (χ0v) is 9.88. The molecule has 0 bridgehead atoms. The molecule has 1 aliphatic heterocycles. The Labute approximate surface area is 89.3 Å². The summed E-state index contributed by atoms with van der Waals surface area (Å²) in [5.41, 5.74) is 10.8. The Kier molecular flexibility index (Phi) is 1.96. The highest BCUT2D eigenvalue weighted by Gasteiger charge is 2.35. The average Bonchev–Trinajstić information content (AvgIpc) is 2.12. The van der Waals surface area contributed by atoms with E-state index in [2.05, 4.69) is 38.4 Å². The highest BCUT2D eigenvalue weighted by Crippen LogP contribution is 2.47. The lowest BCUT2D eigenvalue weighted by Gasteiger charge is -2.42. The average molecular weight is 208 g/mol. The molecule has 0 aliphatic carbocycles. The standard InChI is InChI=1S/C11H16N2S/c1-6-9(12)8(14-4)5-7-10(6)13-11(7,2)3/h5,13H,12H2,1-4H3. The molecule has 2 rings (SSSR count). The van der Waals surface area contributed by atoms with E-state index in [-0.39, 0.29) is 5.54 Å². The van der Waals surface area contributed by atoms with Crippen LogP contribution in [0.2, 0.25) is 0 Å². The molecule has 0 saturated carbocycles. The Morgan fingerprint density at radius 1 is 1.43 bits per heavy atom. The van der Waals surface area contributed by atoms with Gasteiger partial charge in [-0.15, -0.1) is 11.8 Å². The Hall–Kier alpha value is -0.830. The first-order valence-electron chi connectivity index (χ1n) is 4.73. The lowest BCUT2D eigenvalue weighted by Crippen LogP contribution is -2.39. The van der Waals surface area contributed by atoms with Crippen LogP contribution in [-0.4, -0.2) is 6.26 Å². The number of nitrogens with two attached hydrogens (primary N) is 1. The smallest absolute Gasteiger partial charge is 0.0590 e. The van der Waals surface area contributed by atoms with Crippen LogP contribution in [0.5, 0.6) is 0 Å². The van der Waals surface area contributed by atoms with E-state index in [1.165, 1.54) is 21.7 Å². The summed E-state index contributed by atoms with van der Waals surface area (Å²) < 4.78 is 0. The summed E-state index contributed by atoms with van der Waals surface area (Å²) in [6, 6.07) is 2.21. The number of fused-ring (bicyclic) bond motifs is 1. The summed E-state index contributed by atoms with van der Waals surface area (Å²) in [7, 11) is 0. The van der Waals surface area contributed by atoms with Crippen molar-refractivity contribution in [3.63, 3.8) is 0 Å². The quantitative estimate of drug-likeness (QED) is 0.550. The molecule has 0 spiro atoms. The first-order chi connectivity index (χ1) is 6.47. The highest BCUT2D eigenvalue weighted by molar-refractivity contribution is 7.98. The van der Waals surface area contributed by atoms with Crippen LogP contribution in [0.1, 0.15) is 25.0 Å². The van der Waals surface area contributed by atoms with E-state index in [4.69, 9.17) is 5.73 Å². The number of hydrogen-bond acceptors (Lipinski definition) is 3. The van der Waals surface area contributed by atoms with Crippen LogP contribution in [0, 0.1) is 6.92 Å². The molecular weight excluding hydrogens is 192 g/mol. The minimum Gasteiger partial charge on any atom is -0.398 e. The maximum absolute atomic E-state index is 6.02. The van der Waals surface area contributed by atoms with Gasteiger partial charge in [-0.2, -0.15) is 0 Å². The van der Waals surface area contributed by atoms with Crippen LogP contribution in [0.3, 0.4) is 0 Å². The van der Waals surface area contributed by atoms with Gasteiger partial charge in [-0.3, -0.25) is 0 Å². The summed E-state index contributed by atoms with van der Waals surface area (Å²) in [6.45, 7) is 6.46. The van der Waals surface area contributed by atoms with Crippen molar-refractivity contribution in [2.24, 2.45) is 0 Å². The summed E-state index contributed by atoms with van der Waals surface area (Å²) >= 11 is 1.71. The van der Waals surface area contributed by atoms with Gasteiger partial charge in [-0.1, -0.05) is 0 Å². The largest absolute Gasteiger partial charge is 0.398 e. The summed E-state index contributed by atoms with van der Waals surface area (Å²) in [5.74, 6) is 0. The summed E-state index contributed by atoms with van der Waals surface area (Å²) in [6.07, 6.45) is 2.07. The Balaban J connectivity index is 2.62. The number of nitrogens with one attached hydrogen (secondary N) is 1. The number of hydrogen-bond donors (Lipinski definition) is 2. The topological polar surface area (TPSA) is 38.0 Å². The lowest BCUT2D eigenvalue weighted by atomic mass is 9.82. The van der Waals surface area contributed by atoms with Crippen molar-refractivity contribution >= 4 is 23.1 Å². The maximum Gasteiger partial charge on any atom is 0.0590 e. The van der Waals surface area contributed by atoms with E-state index in [0.29, 0.717) is 0 Å². The fourth-order valence-electron chi connectivity index (χ4n) is 1.94. The second kappa shape index (κ2) is 2.83. The molecular formula is C11H16N2S. The molecule has 0 fully saturated rings. The van der Waals surface area contributed by atoms with Crippen LogP contribution in [0.4, 0.5) is 11.4 Å². The Bertz CT molecular complexity index is 397. The van der Waals surface area contributed by atoms with Gasteiger partial charge in [0, 0.05) is 16.1 Å². The minimum atomic E-state index is 0.109. The molecule has 0 saturated heterocycles. The summed E-state index contributed by atoms with van der Waals surface area (Å²) in [4.78, 5) is 1.19. The molecule has 1 heterocycles. The fourth-order valence-corrected chi connectivity index (χ4v) is 2.55. The van der Waals surface area contributed by atoms with E-state index in [1.54, 1.807) is 11.8 Å². The second-order valence-electron chi connectivity index (χ2n) is 4.29. The molecule has 1 aromatic rings. The van der Waals surface area contributed by atoms with Gasteiger partial charge < -0.3 is 11.1 Å². The van der Waals surface area contributed by atoms with Gasteiger partial charge in [0.05, 0.1) is 11.2 Å². The molecule has 76 valence electrons. The van der Waals surface area contributed by atoms with Crippen LogP contribution < -0.4 is 11.1 Å². The van der Waals surface area contributed by atoms with Gasteiger partial charge in [0.25, 0.3) is 0 Å². The molecule has 2 nitrogen and oxygen atoms in total. The molecule has 0 aromatic heterocycles. The molecule has 1 aliphatic rings. The third-order valence-corrected chi connectivity index (χ3v) is 3.70. The first-order valence-corrected chi connectivity index (χ1v) is 5.95. The highest BCUT2D eigenvalue weighted by atomic mass is 32.2. The van der Waals surface area contributed by atoms with Gasteiger partial charge in [0.2, 0.25) is 0 Å². The molecule has 0 atom stereocenters. The fraction of sp³-hybridized carbons (Fsp3) is 0.455. The van der Waals surface area contributed by atoms with E-state index in [1.807, 2.05) is 0 Å². The minimum absolute atomic E-state index is 0.109. The molecule has 1 aromatic carbocycles. The normalized spacial score (nSPS) is 16.9. The van der Waals surface area contributed by atoms with Gasteiger partial charge in [-0.05, 0) is 38.7 Å². The van der Waals surface area contributed by atoms with Crippen molar-refractivity contribution in [3.05, 3.63) is 17.2 Å². The molecule has 0 amide bonds.